The quantitative estimate of drug-likeness (QED) is 0.734. The van der Waals surface area contributed by atoms with Crippen LogP contribution in [0.5, 0.6) is 5.75 Å². The summed E-state index contributed by atoms with van der Waals surface area (Å²) in [5.74, 6) is 0.682. The molecule has 0 aliphatic carbocycles. The topological polar surface area (TPSA) is 55.0 Å². The number of rotatable bonds is 2. The third-order valence-electron chi connectivity index (χ3n) is 2.15. The van der Waals surface area contributed by atoms with Gasteiger partial charge >= 0.3 is 0 Å². The summed E-state index contributed by atoms with van der Waals surface area (Å²) in [6.45, 7) is 1.52. The molecule has 0 saturated heterocycles. The lowest BCUT2D eigenvalue weighted by atomic mass is 10.1. The number of H-pyrrole nitrogens is 1. The van der Waals surface area contributed by atoms with E-state index < -0.39 is 0 Å². The van der Waals surface area contributed by atoms with Crippen LogP contribution in [0.2, 0.25) is 0 Å². The molecule has 1 aromatic heterocycles. The Kier molecular flexibility index (Phi) is 1.96. The predicted octanol–water partition coefficient (Wildman–Crippen LogP) is 1.77. The van der Waals surface area contributed by atoms with Crippen molar-refractivity contribution >= 4 is 16.7 Å². The van der Waals surface area contributed by atoms with E-state index in [1.165, 1.54) is 6.92 Å². The number of carbonyl (C=O) groups is 1. The fraction of sp³-hybridized carbons (Fsp3) is 0.200. The number of nitrogens with one attached hydrogen (secondary N) is 1. The number of ketones is 1. The largest absolute Gasteiger partial charge is 0.496 e. The predicted molar refractivity (Wildman–Crippen MR) is 52.7 cm³/mol. The van der Waals surface area contributed by atoms with Crippen LogP contribution in [-0.4, -0.2) is 23.1 Å². The summed E-state index contributed by atoms with van der Waals surface area (Å²) in [6, 6.07) is 3.49. The molecule has 0 fully saturated rings. The van der Waals surface area contributed by atoms with Gasteiger partial charge < -0.3 is 4.74 Å². The third-order valence-corrected chi connectivity index (χ3v) is 2.15. The Morgan fingerprint density at radius 2 is 2.29 bits per heavy atom. The molecule has 0 aliphatic rings. The number of Topliss-reactive ketones (excluding diaryl/α,β-unsaturated/α-hetero) is 1. The number of hydrogen-bond acceptors (Lipinski definition) is 3. The molecule has 0 atom stereocenters. The monoisotopic (exact) mass is 190 g/mol. The number of hydrogen-bond donors (Lipinski definition) is 1. The van der Waals surface area contributed by atoms with Gasteiger partial charge in [-0.25, -0.2) is 0 Å². The molecule has 0 unspecified atom stereocenters. The molecular weight excluding hydrogens is 180 g/mol. The lowest BCUT2D eigenvalue weighted by Crippen LogP contribution is -1.93. The summed E-state index contributed by atoms with van der Waals surface area (Å²) in [5.41, 5.74) is 1.44. The van der Waals surface area contributed by atoms with Crippen molar-refractivity contribution < 1.29 is 9.53 Å². The van der Waals surface area contributed by atoms with Gasteiger partial charge in [0, 0.05) is 5.56 Å². The van der Waals surface area contributed by atoms with Crippen molar-refractivity contribution in [3.63, 3.8) is 0 Å². The SMILES string of the molecule is COc1cc(C(C)=O)cc2[nH]ncc12. The second kappa shape index (κ2) is 3.14. The van der Waals surface area contributed by atoms with Crippen LogP contribution in [0.25, 0.3) is 10.9 Å². The molecular formula is C10H10N2O2. The molecule has 0 amide bonds. The smallest absolute Gasteiger partial charge is 0.160 e. The maximum Gasteiger partial charge on any atom is 0.160 e. The first-order valence-electron chi connectivity index (χ1n) is 4.24. The minimum Gasteiger partial charge on any atom is -0.496 e. The van der Waals surface area contributed by atoms with Gasteiger partial charge in [0.25, 0.3) is 0 Å². The Bertz CT molecular complexity index is 488. The van der Waals surface area contributed by atoms with Crippen molar-refractivity contribution in [2.24, 2.45) is 0 Å². The number of methoxy groups -OCH3 is 1. The Balaban J connectivity index is 2.73. The van der Waals surface area contributed by atoms with Gasteiger partial charge in [-0.2, -0.15) is 5.10 Å². The Morgan fingerprint density at radius 3 is 2.93 bits per heavy atom. The van der Waals surface area contributed by atoms with Crippen molar-refractivity contribution in [1.29, 1.82) is 0 Å². The summed E-state index contributed by atoms with van der Waals surface area (Å²) in [5, 5.41) is 7.59. The van der Waals surface area contributed by atoms with Crippen molar-refractivity contribution in [3.8, 4) is 5.75 Å². The first kappa shape index (κ1) is 8.74. The maximum atomic E-state index is 11.2. The Labute approximate surface area is 80.9 Å². The molecule has 72 valence electrons. The minimum absolute atomic E-state index is 0.0137. The Hall–Kier alpha value is -1.84. The first-order valence-corrected chi connectivity index (χ1v) is 4.24. The van der Waals surface area contributed by atoms with E-state index >= 15 is 0 Å². The molecule has 0 spiro atoms. The Morgan fingerprint density at radius 1 is 1.50 bits per heavy atom. The van der Waals surface area contributed by atoms with E-state index in [1.807, 2.05) is 0 Å². The number of carbonyl (C=O) groups excluding carboxylic acids is 1. The van der Waals surface area contributed by atoms with Crippen molar-refractivity contribution in [2.75, 3.05) is 7.11 Å². The summed E-state index contributed by atoms with van der Waals surface area (Å²) in [7, 11) is 1.58. The van der Waals surface area contributed by atoms with E-state index in [9.17, 15) is 4.79 Å². The van der Waals surface area contributed by atoms with Crippen LogP contribution in [-0.2, 0) is 0 Å². The second-order valence-electron chi connectivity index (χ2n) is 3.07. The van der Waals surface area contributed by atoms with Gasteiger partial charge in [0.15, 0.2) is 5.78 Å². The minimum atomic E-state index is 0.0137. The van der Waals surface area contributed by atoms with Crippen molar-refractivity contribution in [1.82, 2.24) is 10.2 Å². The number of aromatic amines is 1. The van der Waals surface area contributed by atoms with Gasteiger partial charge in [-0.1, -0.05) is 0 Å². The number of nitrogens with zero attached hydrogens (tertiary/aromatic N) is 1. The zero-order valence-electron chi connectivity index (χ0n) is 8.00. The van der Waals surface area contributed by atoms with Crippen LogP contribution in [0.4, 0.5) is 0 Å². The van der Waals surface area contributed by atoms with Crippen molar-refractivity contribution in [2.45, 2.75) is 6.92 Å². The fourth-order valence-corrected chi connectivity index (χ4v) is 1.39. The van der Waals surface area contributed by atoms with Crippen LogP contribution in [0.15, 0.2) is 18.3 Å². The number of aromatic nitrogens is 2. The van der Waals surface area contributed by atoms with Crippen LogP contribution in [0.1, 0.15) is 17.3 Å². The molecule has 14 heavy (non-hydrogen) atoms. The zero-order valence-corrected chi connectivity index (χ0v) is 8.00. The van der Waals surface area contributed by atoms with Gasteiger partial charge in [0.1, 0.15) is 5.75 Å². The van der Waals surface area contributed by atoms with Gasteiger partial charge in [0.2, 0.25) is 0 Å². The highest BCUT2D eigenvalue weighted by molar-refractivity contribution is 5.99. The molecule has 4 nitrogen and oxygen atoms in total. The number of ether oxygens (including phenoxy) is 1. The average molecular weight is 190 g/mol. The normalized spacial score (nSPS) is 10.4. The number of benzene rings is 1. The third kappa shape index (κ3) is 1.25. The lowest BCUT2D eigenvalue weighted by Gasteiger charge is -2.03. The highest BCUT2D eigenvalue weighted by atomic mass is 16.5. The summed E-state index contributed by atoms with van der Waals surface area (Å²) >= 11 is 0. The van der Waals surface area contributed by atoms with Gasteiger partial charge in [-0.05, 0) is 19.1 Å². The van der Waals surface area contributed by atoms with Crippen LogP contribution in [0, 0.1) is 0 Å². The summed E-state index contributed by atoms with van der Waals surface area (Å²) < 4.78 is 5.16. The molecule has 0 radical (unpaired) electrons. The van der Waals surface area contributed by atoms with Crippen LogP contribution in [0.3, 0.4) is 0 Å². The van der Waals surface area contributed by atoms with E-state index in [0.29, 0.717) is 11.3 Å². The molecule has 2 rings (SSSR count). The van der Waals surface area contributed by atoms with Gasteiger partial charge in [-0.3, -0.25) is 9.89 Å². The van der Waals surface area contributed by atoms with E-state index in [1.54, 1.807) is 25.4 Å². The standard InChI is InChI=1S/C10H10N2O2/c1-6(13)7-3-9-8(5-11-12-9)10(4-7)14-2/h3-5H,1-2H3,(H,11,12). The van der Waals surface area contributed by atoms with Crippen LogP contribution >= 0.6 is 0 Å². The molecule has 0 aliphatic heterocycles. The maximum absolute atomic E-state index is 11.2. The summed E-state index contributed by atoms with van der Waals surface area (Å²) in [6.07, 6.45) is 1.68. The lowest BCUT2D eigenvalue weighted by molar-refractivity contribution is 0.101. The summed E-state index contributed by atoms with van der Waals surface area (Å²) in [4.78, 5) is 11.2. The molecule has 1 aromatic carbocycles. The van der Waals surface area contributed by atoms with Crippen molar-refractivity contribution in [3.05, 3.63) is 23.9 Å². The highest BCUT2D eigenvalue weighted by Gasteiger charge is 2.08. The van der Waals surface area contributed by atoms with E-state index in [2.05, 4.69) is 10.2 Å². The second-order valence-corrected chi connectivity index (χ2v) is 3.07. The zero-order chi connectivity index (χ0) is 10.1. The fourth-order valence-electron chi connectivity index (χ4n) is 1.39. The molecule has 0 bridgehead atoms. The molecule has 4 heteroatoms. The average Bonchev–Trinajstić information content (AvgIpc) is 2.63. The van der Waals surface area contributed by atoms with Gasteiger partial charge in [-0.15, -0.1) is 0 Å². The molecule has 2 aromatic rings. The molecule has 0 saturated carbocycles. The molecule has 1 heterocycles. The van der Waals surface area contributed by atoms with E-state index in [4.69, 9.17) is 4.74 Å². The molecule has 1 N–H and O–H groups in total. The highest BCUT2D eigenvalue weighted by Crippen LogP contribution is 2.25. The van der Waals surface area contributed by atoms with Crippen LogP contribution < -0.4 is 4.74 Å². The first-order chi connectivity index (χ1) is 6.72. The van der Waals surface area contributed by atoms with E-state index in [-0.39, 0.29) is 5.78 Å². The number of fused-ring (bicyclic) bond motifs is 1. The van der Waals surface area contributed by atoms with E-state index in [0.717, 1.165) is 10.9 Å². The van der Waals surface area contributed by atoms with Gasteiger partial charge in [0.05, 0.1) is 24.2 Å².